The molecule has 3 heterocycles. The van der Waals surface area contributed by atoms with Gasteiger partial charge < -0.3 is 15.8 Å². The number of nitrogens with zero attached hydrogens (tertiary/aromatic N) is 4. The van der Waals surface area contributed by atoms with E-state index >= 15 is 0 Å². The Morgan fingerprint density at radius 1 is 1.27 bits per heavy atom. The van der Waals surface area contributed by atoms with Gasteiger partial charge in [0.15, 0.2) is 10.9 Å². The zero-order valence-corrected chi connectivity index (χ0v) is 17.9. The van der Waals surface area contributed by atoms with E-state index in [1.165, 1.54) is 25.9 Å². The second kappa shape index (κ2) is 7.59. The lowest BCUT2D eigenvalue weighted by atomic mass is 9.61. The second-order valence-corrected chi connectivity index (χ2v) is 9.15. The van der Waals surface area contributed by atoms with Gasteiger partial charge in [-0.1, -0.05) is 6.07 Å². The Morgan fingerprint density at radius 2 is 2.07 bits per heavy atom. The molecule has 0 bridgehead atoms. The highest BCUT2D eigenvalue weighted by Gasteiger charge is 2.55. The minimum atomic E-state index is 0.247. The number of pyridine rings is 2. The molecule has 3 N–H and O–H groups in total. The Balaban J connectivity index is 1.13. The summed E-state index contributed by atoms with van der Waals surface area (Å²) in [5, 5.41) is 3.24. The van der Waals surface area contributed by atoms with E-state index in [2.05, 4.69) is 25.2 Å². The van der Waals surface area contributed by atoms with Gasteiger partial charge in [0, 0.05) is 30.7 Å². The van der Waals surface area contributed by atoms with E-state index in [1.54, 1.807) is 12.4 Å². The average Bonchev–Trinajstić information content (AvgIpc) is 3.50. The third kappa shape index (κ3) is 4.02. The molecule has 2 aromatic rings. The van der Waals surface area contributed by atoms with Crippen LogP contribution in [0, 0.1) is 12.3 Å². The summed E-state index contributed by atoms with van der Waals surface area (Å²) in [4.78, 5) is 15.5. The molecule has 1 saturated heterocycles. The van der Waals surface area contributed by atoms with Gasteiger partial charge in [0.1, 0.15) is 23.4 Å². The molecular weight excluding hydrogens is 396 g/mol. The molecule has 0 amide bonds. The maximum atomic E-state index is 6.09. The summed E-state index contributed by atoms with van der Waals surface area (Å²) in [7, 11) is 0. The van der Waals surface area contributed by atoms with Gasteiger partial charge in [-0.3, -0.25) is 4.90 Å². The molecule has 2 aromatic heterocycles. The minimum Gasteiger partial charge on any atom is -0.489 e. The average molecular weight is 423 g/mol. The minimum absolute atomic E-state index is 0.247. The van der Waals surface area contributed by atoms with Gasteiger partial charge in [0.2, 0.25) is 0 Å². The van der Waals surface area contributed by atoms with Gasteiger partial charge in [-0.15, -0.1) is 0 Å². The molecule has 0 unspecified atom stereocenters. The zero-order chi connectivity index (χ0) is 20.7. The van der Waals surface area contributed by atoms with Crippen LogP contribution in [0.1, 0.15) is 36.9 Å². The van der Waals surface area contributed by atoms with Gasteiger partial charge in [-0.05, 0) is 68.6 Å². The normalized spacial score (nSPS) is 21.0. The Morgan fingerprint density at radius 3 is 2.73 bits per heavy atom. The van der Waals surface area contributed by atoms with Crippen molar-refractivity contribution in [1.82, 2.24) is 14.9 Å². The molecule has 0 aromatic carbocycles. The Labute approximate surface area is 181 Å². The highest BCUT2D eigenvalue weighted by atomic mass is 32.1. The number of likely N-dealkylation sites (tertiary alicyclic amines) is 1. The van der Waals surface area contributed by atoms with Crippen LogP contribution >= 0.6 is 12.2 Å². The van der Waals surface area contributed by atoms with Crippen LogP contribution in [0.25, 0.3) is 0 Å². The van der Waals surface area contributed by atoms with Crippen molar-refractivity contribution in [2.75, 3.05) is 18.4 Å². The highest BCUT2D eigenvalue weighted by molar-refractivity contribution is 7.80. The van der Waals surface area contributed by atoms with Crippen LogP contribution in [-0.2, 0) is 0 Å². The number of aliphatic imine (C=N–C) groups is 1. The maximum absolute atomic E-state index is 6.09. The molecule has 1 spiro atoms. The summed E-state index contributed by atoms with van der Waals surface area (Å²) in [6.45, 7) is 4.46. The predicted octanol–water partition coefficient (Wildman–Crippen LogP) is 2.89. The van der Waals surface area contributed by atoms with E-state index in [4.69, 9.17) is 22.7 Å². The first-order valence-electron chi connectivity index (χ1n) is 10.4. The monoisotopic (exact) mass is 422 g/mol. The van der Waals surface area contributed by atoms with Crippen LogP contribution in [0.2, 0.25) is 0 Å². The summed E-state index contributed by atoms with van der Waals surface area (Å²) in [5.74, 6) is 1.69. The number of aromatic nitrogens is 2. The van der Waals surface area contributed by atoms with E-state index in [0.29, 0.717) is 23.0 Å². The topological polar surface area (TPSA) is 88.7 Å². The van der Waals surface area contributed by atoms with Gasteiger partial charge in [-0.2, -0.15) is 0 Å². The number of amidine groups is 1. The zero-order valence-electron chi connectivity index (χ0n) is 17.0. The van der Waals surface area contributed by atoms with Crippen molar-refractivity contribution in [3.8, 4) is 5.75 Å². The summed E-state index contributed by atoms with van der Waals surface area (Å²) in [5.41, 5.74) is 8.14. The summed E-state index contributed by atoms with van der Waals surface area (Å²) >= 11 is 5.27. The van der Waals surface area contributed by atoms with Crippen molar-refractivity contribution < 1.29 is 4.74 Å². The predicted molar refractivity (Wildman–Crippen MR) is 121 cm³/mol. The second-order valence-electron chi connectivity index (χ2n) is 8.76. The van der Waals surface area contributed by atoms with Crippen LogP contribution in [-0.4, -0.2) is 51.1 Å². The van der Waals surface area contributed by atoms with Crippen molar-refractivity contribution in [3.63, 3.8) is 0 Å². The van der Waals surface area contributed by atoms with Crippen molar-refractivity contribution in [1.29, 1.82) is 0 Å². The third-order valence-corrected chi connectivity index (χ3v) is 6.41. The van der Waals surface area contributed by atoms with Gasteiger partial charge in [0.05, 0.1) is 6.20 Å². The smallest absolute Gasteiger partial charge is 0.200 e. The molecule has 3 aliphatic rings. The van der Waals surface area contributed by atoms with Crippen molar-refractivity contribution >= 4 is 29.0 Å². The van der Waals surface area contributed by atoms with Crippen molar-refractivity contribution in [2.45, 2.75) is 44.8 Å². The maximum Gasteiger partial charge on any atom is 0.200 e. The molecule has 1 aliphatic heterocycles. The highest BCUT2D eigenvalue weighted by Crippen LogP contribution is 2.52. The lowest BCUT2D eigenvalue weighted by Gasteiger charge is -2.59. The molecule has 156 valence electrons. The summed E-state index contributed by atoms with van der Waals surface area (Å²) in [6, 6.07) is 8.41. The fourth-order valence-electron chi connectivity index (χ4n) is 4.47. The van der Waals surface area contributed by atoms with Crippen LogP contribution in [0.4, 0.5) is 5.82 Å². The lowest BCUT2D eigenvalue weighted by molar-refractivity contribution is -0.122. The quantitative estimate of drug-likeness (QED) is 0.435. The van der Waals surface area contributed by atoms with E-state index in [1.807, 2.05) is 31.2 Å². The molecule has 2 aliphatic carbocycles. The Hall–Kier alpha value is -2.58. The number of hydrogen-bond donors (Lipinski definition) is 2. The molecule has 0 atom stereocenters. The van der Waals surface area contributed by atoms with Gasteiger partial charge in [-0.25, -0.2) is 15.0 Å². The van der Waals surface area contributed by atoms with Crippen LogP contribution in [0.15, 0.2) is 41.7 Å². The first kappa shape index (κ1) is 19.4. The van der Waals surface area contributed by atoms with Gasteiger partial charge >= 0.3 is 0 Å². The Bertz CT molecular complexity index is 973. The third-order valence-electron chi connectivity index (χ3n) is 6.22. The lowest BCUT2D eigenvalue weighted by Crippen LogP contribution is -2.65. The molecule has 2 saturated carbocycles. The van der Waals surface area contributed by atoms with E-state index in [9.17, 15) is 0 Å². The Kier molecular flexibility index (Phi) is 4.91. The summed E-state index contributed by atoms with van der Waals surface area (Å²) in [6.07, 6.45) is 8.78. The number of ether oxygens (including phenoxy) is 1. The van der Waals surface area contributed by atoms with E-state index < -0.39 is 0 Å². The van der Waals surface area contributed by atoms with E-state index in [-0.39, 0.29) is 10.9 Å². The first-order valence-corrected chi connectivity index (χ1v) is 10.8. The number of nitrogens with two attached hydrogens (primary N) is 1. The largest absolute Gasteiger partial charge is 0.489 e. The van der Waals surface area contributed by atoms with E-state index in [0.717, 1.165) is 30.2 Å². The van der Waals surface area contributed by atoms with Crippen LogP contribution in [0.3, 0.4) is 0 Å². The molecule has 3 fully saturated rings. The summed E-state index contributed by atoms with van der Waals surface area (Å²) < 4.78 is 6.09. The molecule has 8 heteroatoms. The molecular formula is C22H26N6OS. The number of thiocarbonyl (C=S) groups is 1. The number of anilines is 1. The number of hydrogen-bond acceptors (Lipinski definition) is 5. The van der Waals surface area contributed by atoms with Crippen LogP contribution < -0.4 is 15.8 Å². The molecule has 0 radical (unpaired) electrons. The van der Waals surface area contributed by atoms with Crippen LogP contribution in [0.5, 0.6) is 5.75 Å². The molecule has 7 nitrogen and oxygen atoms in total. The number of nitrogens with one attached hydrogen (secondary N) is 1. The standard InChI is InChI=1S/C22H26N6OS/c1-14-3-2-8-24-20(14)27-21(30)26-19(23)18-7-6-16(11-25-18)29-17-9-22(10-17)12-28(13-22)15-4-5-15/h2-3,6-8,11,15,17H,4-5,9-10,12-13H2,1H3,(H3,23,24,26,27,30). The number of rotatable bonds is 5. The fraction of sp³-hybridized carbons (Fsp3) is 0.455. The van der Waals surface area contributed by atoms with Gasteiger partial charge in [0.25, 0.3) is 0 Å². The fourth-order valence-corrected chi connectivity index (χ4v) is 4.66. The van der Waals surface area contributed by atoms with Crippen molar-refractivity contribution in [3.05, 3.63) is 47.9 Å². The molecule has 30 heavy (non-hydrogen) atoms. The SMILES string of the molecule is Cc1cccnc1NC(=S)N=C(N)c1ccc(OC2CC3(C2)CN(C2CC2)C3)cn1. The van der Waals surface area contributed by atoms with Crippen molar-refractivity contribution in [2.24, 2.45) is 16.1 Å². The first-order chi connectivity index (χ1) is 14.5. The number of aryl methyl sites for hydroxylation is 1. The molecule has 5 rings (SSSR count).